The van der Waals surface area contributed by atoms with Crippen molar-refractivity contribution in [3.8, 4) is 5.75 Å². The molecule has 0 spiro atoms. The Hall–Kier alpha value is -2.00. The Morgan fingerprint density at radius 2 is 1.85 bits per heavy atom. The van der Waals surface area contributed by atoms with Crippen LogP contribution in [0.5, 0.6) is 5.75 Å². The van der Waals surface area contributed by atoms with Crippen molar-refractivity contribution in [1.82, 2.24) is 10.2 Å². The van der Waals surface area contributed by atoms with Gasteiger partial charge in [0.25, 0.3) is 5.91 Å². The molecule has 0 aliphatic carbocycles. The minimum absolute atomic E-state index is 0. The van der Waals surface area contributed by atoms with Crippen LogP contribution in [0.1, 0.15) is 36.0 Å². The van der Waals surface area contributed by atoms with Crippen LogP contribution in [0.2, 0.25) is 5.02 Å². The number of likely N-dealkylation sites (tertiary alicyclic amines) is 1. The number of sulfone groups is 1. The number of anilines is 1. The van der Waals surface area contributed by atoms with Gasteiger partial charge in [0.15, 0.2) is 9.84 Å². The largest absolute Gasteiger partial charge is 0.496 e. The molecule has 1 saturated heterocycles. The van der Waals surface area contributed by atoms with Gasteiger partial charge >= 0.3 is 0 Å². The van der Waals surface area contributed by atoms with Gasteiger partial charge in [-0.15, -0.1) is 12.4 Å². The van der Waals surface area contributed by atoms with Crippen LogP contribution in [-0.2, 0) is 9.84 Å². The second-order valence-electron chi connectivity index (χ2n) is 8.41. The standard InChI is InChI=1S/C24H32ClN3O4S.ClH/c1-32-23-16-22(26)21(25)15-20(23)24(29)27-17-18-9-12-28(13-10-18)11-5-6-14-33(30,31)19-7-3-2-4-8-19;/h2-4,7-8,15-16,18H,5-6,9-14,17,26H2,1H3,(H,27,29);1H. The van der Waals surface area contributed by atoms with E-state index in [1.54, 1.807) is 30.3 Å². The van der Waals surface area contributed by atoms with E-state index in [9.17, 15) is 13.2 Å². The normalized spacial score (nSPS) is 14.9. The molecule has 3 rings (SSSR count). The first-order valence-corrected chi connectivity index (χ1v) is 13.2. The van der Waals surface area contributed by atoms with Crippen molar-refractivity contribution in [1.29, 1.82) is 0 Å². The number of halogens is 2. The lowest BCUT2D eigenvalue weighted by atomic mass is 9.96. The van der Waals surface area contributed by atoms with Crippen LogP contribution in [0.25, 0.3) is 0 Å². The molecule has 188 valence electrons. The second-order valence-corrected chi connectivity index (χ2v) is 10.9. The highest BCUT2D eigenvalue weighted by Crippen LogP contribution is 2.29. The predicted octanol–water partition coefficient (Wildman–Crippen LogP) is 4.05. The van der Waals surface area contributed by atoms with Crippen molar-refractivity contribution >= 4 is 45.4 Å². The van der Waals surface area contributed by atoms with E-state index in [1.807, 2.05) is 6.07 Å². The Morgan fingerprint density at radius 1 is 1.18 bits per heavy atom. The number of nitrogens with zero attached hydrogens (tertiary/aromatic N) is 1. The average Bonchev–Trinajstić information content (AvgIpc) is 2.83. The number of nitrogen functional groups attached to an aromatic ring is 1. The molecular formula is C24H33Cl2N3O4S. The highest BCUT2D eigenvalue weighted by molar-refractivity contribution is 7.91. The number of hydrogen-bond acceptors (Lipinski definition) is 6. The molecule has 0 saturated carbocycles. The summed E-state index contributed by atoms with van der Waals surface area (Å²) in [6, 6.07) is 11.7. The molecule has 1 amide bonds. The smallest absolute Gasteiger partial charge is 0.255 e. The number of nitrogens with two attached hydrogens (primary N) is 1. The number of nitrogens with one attached hydrogen (secondary N) is 1. The Morgan fingerprint density at radius 3 is 2.50 bits per heavy atom. The topological polar surface area (TPSA) is 102 Å². The number of ether oxygens (including phenoxy) is 1. The Balaban J connectivity index is 0.00000408. The van der Waals surface area contributed by atoms with Gasteiger partial charge in [-0.25, -0.2) is 8.42 Å². The summed E-state index contributed by atoms with van der Waals surface area (Å²) < 4.78 is 30.0. The number of rotatable bonds is 10. The first kappa shape index (κ1) is 28.2. The maximum Gasteiger partial charge on any atom is 0.255 e. The van der Waals surface area contributed by atoms with Crippen molar-refractivity contribution in [2.24, 2.45) is 5.92 Å². The van der Waals surface area contributed by atoms with Crippen molar-refractivity contribution < 1.29 is 17.9 Å². The van der Waals surface area contributed by atoms with Crippen LogP contribution in [-0.4, -0.2) is 58.3 Å². The number of unbranched alkanes of at least 4 members (excludes halogenated alkanes) is 1. The number of piperidine rings is 1. The quantitative estimate of drug-likeness (QED) is 0.355. The average molecular weight is 531 g/mol. The highest BCUT2D eigenvalue weighted by Gasteiger charge is 2.21. The monoisotopic (exact) mass is 529 g/mol. The summed E-state index contributed by atoms with van der Waals surface area (Å²) >= 11 is 6.06. The Kier molecular flexibility index (Phi) is 11.0. The molecule has 0 radical (unpaired) electrons. The van der Waals surface area contributed by atoms with Crippen LogP contribution in [0.4, 0.5) is 5.69 Å². The third-order valence-corrected chi connectivity index (χ3v) is 8.21. The highest BCUT2D eigenvalue weighted by atomic mass is 35.5. The van der Waals surface area contributed by atoms with Gasteiger partial charge in [0.2, 0.25) is 0 Å². The molecule has 2 aromatic carbocycles. The molecule has 1 fully saturated rings. The van der Waals surface area contributed by atoms with Gasteiger partial charge < -0.3 is 20.7 Å². The van der Waals surface area contributed by atoms with E-state index >= 15 is 0 Å². The fourth-order valence-electron chi connectivity index (χ4n) is 4.04. The summed E-state index contributed by atoms with van der Waals surface area (Å²) in [5.41, 5.74) is 6.53. The molecule has 1 heterocycles. The first-order valence-electron chi connectivity index (χ1n) is 11.2. The molecule has 1 aliphatic rings. The number of benzene rings is 2. The van der Waals surface area contributed by atoms with E-state index in [1.165, 1.54) is 13.2 Å². The Labute approximate surface area is 213 Å². The van der Waals surface area contributed by atoms with Gasteiger partial charge in [0.05, 0.1) is 34.0 Å². The molecular weight excluding hydrogens is 497 g/mol. The third-order valence-electron chi connectivity index (χ3n) is 6.06. The van der Waals surface area contributed by atoms with Crippen molar-refractivity contribution in [2.45, 2.75) is 30.6 Å². The van der Waals surface area contributed by atoms with E-state index in [4.69, 9.17) is 22.1 Å². The number of carbonyl (C=O) groups is 1. The van der Waals surface area contributed by atoms with Crippen molar-refractivity contribution in [3.63, 3.8) is 0 Å². The maximum absolute atomic E-state index is 12.6. The fraction of sp³-hybridized carbons (Fsp3) is 0.458. The van der Waals surface area contributed by atoms with E-state index in [2.05, 4.69) is 10.2 Å². The fourth-order valence-corrected chi connectivity index (χ4v) is 5.59. The third kappa shape index (κ3) is 7.77. The number of hydrogen-bond donors (Lipinski definition) is 2. The number of amides is 1. The van der Waals surface area contributed by atoms with Crippen LogP contribution < -0.4 is 15.8 Å². The van der Waals surface area contributed by atoms with Gasteiger partial charge in [0, 0.05) is 12.6 Å². The molecule has 7 nitrogen and oxygen atoms in total. The van der Waals surface area contributed by atoms with E-state index < -0.39 is 9.84 Å². The van der Waals surface area contributed by atoms with Gasteiger partial charge in [-0.2, -0.15) is 0 Å². The SMILES string of the molecule is COc1cc(N)c(Cl)cc1C(=O)NCC1CCN(CCCCS(=O)(=O)c2ccccc2)CC1.Cl. The minimum Gasteiger partial charge on any atom is -0.496 e. The van der Waals surface area contributed by atoms with E-state index in [0.717, 1.165) is 38.9 Å². The minimum atomic E-state index is -3.20. The molecule has 3 N–H and O–H groups in total. The van der Waals surface area contributed by atoms with Crippen LogP contribution in [0.15, 0.2) is 47.4 Å². The molecule has 10 heteroatoms. The first-order chi connectivity index (χ1) is 15.8. The molecule has 0 unspecified atom stereocenters. The zero-order valence-electron chi connectivity index (χ0n) is 19.3. The summed E-state index contributed by atoms with van der Waals surface area (Å²) in [6.45, 7) is 3.38. The van der Waals surface area contributed by atoms with Gasteiger partial charge in [0.1, 0.15) is 5.75 Å². The molecule has 2 aromatic rings. The van der Waals surface area contributed by atoms with Gasteiger partial charge in [-0.1, -0.05) is 29.8 Å². The van der Waals surface area contributed by atoms with Gasteiger partial charge in [-0.05, 0) is 69.4 Å². The van der Waals surface area contributed by atoms with E-state index in [0.29, 0.717) is 45.8 Å². The lowest BCUT2D eigenvalue weighted by molar-refractivity contribution is 0.0933. The predicted molar refractivity (Wildman–Crippen MR) is 139 cm³/mol. The van der Waals surface area contributed by atoms with Crippen LogP contribution in [0.3, 0.4) is 0 Å². The summed E-state index contributed by atoms with van der Waals surface area (Å²) in [6.07, 6.45) is 3.48. The Bertz CT molecular complexity index is 1040. The number of methoxy groups -OCH3 is 1. The van der Waals surface area contributed by atoms with Crippen LogP contribution >= 0.6 is 24.0 Å². The van der Waals surface area contributed by atoms with Crippen LogP contribution in [0, 0.1) is 5.92 Å². The summed E-state index contributed by atoms with van der Waals surface area (Å²) in [5.74, 6) is 0.756. The zero-order chi connectivity index (χ0) is 23.8. The molecule has 34 heavy (non-hydrogen) atoms. The summed E-state index contributed by atoms with van der Waals surface area (Å²) in [4.78, 5) is 15.4. The van der Waals surface area contributed by atoms with Crippen molar-refractivity contribution in [2.75, 3.05) is 44.8 Å². The maximum atomic E-state index is 12.6. The lowest BCUT2D eigenvalue weighted by Gasteiger charge is -2.32. The molecule has 1 aliphatic heterocycles. The zero-order valence-corrected chi connectivity index (χ0v) is 21.7. The molecule has 0 bridgehead atoms. The van der Waals surface area contributed by atoms with Crippen molar-refractivity contribution in [3.05, 3.63) is 53.1 Å². The summed E-state index contributed by atoms with van der Waals surface area (Å²) in [7, 11) is -1.71. The van der Waals surface area contributed by atoms with E-state index in [-0.39, 0.29) is 24.1 Å². The number of carbonyl (C=O) groups excluding carboxylic acids is 1. The lowest BCUT2D eigenvalue weighted by Crippen LogP contribution is -2.39. The summed E-state index contributed by atoms with van der Waals surface area (Å²) in [5, 5.41) is 3.31. The second kappa shape index (κ2) is 13.2. The molecule has 0 atom stereocenters. The molecule has 0 aromatic heterocycles. The van der Waals surface area contributed by atoms with Gasteiger partial charge in [-0.3, -0.25) is 4.79 Å².